The van der Waals surface area contributed by atoms with Gasteiger partial charge in [0, 0.05) is 8.80 Å². The standard InChI is InChI=1S/C7H18Si.FH/c1-4-5-6-7-8(2)3;/h8H,4-7H2,1-3H3;1H. The van der Waals surface area contributed by atoms with Crippen LogP contribution in [0.5, 0.6) is 0 Å². The molecule has 0 unspecified atom stereocenters. The molecule has 9 heavy (non-hydrogen) atoms. The molecule has 0 aromatic rings. The number of halogens is 1. The summed E-state index contributed by atoms with van der Waals surface area (Å²) in [5, 5.41) is 0. The Morgan fingerprint density at radius 1 is 1.11 bits per heavy atom. The van der Waals surface area contributed by atoms with E-state index in [1.165, 1.54) is 19.3 Å². The lowest BCUT2D eigenvalue weighted by molar-refractivity contribution is 0.766. The third-order valence-corrected chi connectivity index (χ3v) is 2.95. The Balaban J connectivity index is 0. The highest BCUT2D eigenvalue weighted by Crippen LogP contribution is 2.02. The van der Waals surface area contributed by atoms with Gasteiger partial charge in [0.1, 0.15) is 0 Å². The van der Waals surface area contributed by atoms with Crippen molar-refractivity contribution in [2.24, 2.45) is 0 Å². The van der Waals surface area contributed by atoms with Crippen LogP contribution >= 0.6 is 0 Å². The Morgan fingerprint density at radius 2 is 1.67 bits per heavy atom. The van der Waals surface area contributed by atoms with E-state index in [9.17, 15) is 0 Å². The summed E-state index contributed by atoms with van der Waals surface area (Å²) in [4.78, 5) is 0. The molecule has 0 aromatic heterocycles. The van der Waals surface area contributed by atoms with Gasteiger partial charge in [-0.1, -0.05) is 45.3 Å². The Kier molecular flexibility index (Phi) is 10.8. The van der Waals surface area contributed by atoms with Crippen molar-refractivity contribution in [2.45, 2.75) is 45.3 Å². The fraction of sp³-hybridized carbons (Fsp3) is 1.00. The molecule has 2 heteroatoms. The molecule has 0 spiro atoms. The van der Waals surface area contributed by atoms with Crippen molar-refractivity contribution in [1.29, 1.82) is 0 Å². The lowest BCUT2D eigenvalue weighted by atomic mass is 10.3. The van der Waals surface area contributed by atoms with Gasteiger partial charge in [-0.3, -0.25) is 4.70 Å². The number of unbranched alkanes of at least 4 members (excludes halogenated alkanes) is 2. The maximum atomic E-state index is 2.43. The molecule has 0 bridgehead atoms. The average molecular weight is 150 g/mol. The molecule has 0 atom stereocenters. The lowest BCUT2D eigenvalue weighted by Gasteiger charge is -1.99. The molecule has 0 N–H and O–H groups in total. The van der Waals surface area contributed by atoms with Crippen LogP contribution in [0, 0.1) is 0 Å². The third-order valence-electron chi connectivity index (χ3n) is 1.39. The van der Waals surface area contributed by atoms with Gasteiger partial charge in [0.25, 0.3) is 0 Å². The summed E-state index contributed by atoms with van der Waals surface area (Å²) in [7, 11) is -0.202. The molecule has 0 nitrogen and oxygen atoms in total. The van der Waals surface area contributed by atoms with E-state index < -0.39 is 0 Å². The number of hydrogen-bond acceptors (Lipinski definition) is 0. The van der Waals surface area contributed by atoms with E-state index in [4.69, 9.17) is 0 Å². The summed E-state index contributed by atoms with van der Waals surface area (Å²) in [6, 6.07) is 1.55. The highest BCUT2D eigenvalue weighted by atomic mass is 28.3. The zero-order valence-electron chi connectivity index (χ0n) is 6.81. The second kappa shape index (κ2) is 8.15. The Bertz CT molecular complexity index is 46.2. The predicted octanol–water partition coefficient (Wildman–Crippen LogP) is 2.82. The van der Waals surface area contributed by atoms with Crippen molar-refractivity contribution in [2.75, 3.05) is 0 Å². The molecule has 0 aromatic carbocycles. The summed E-state index contributed by atoms with van der Waals surface area (Å²) < 4.78 is 0. The third kappa shape index (κ3) is 11.6. The topological polar surface area (TPSA) is 0 Å². The van der Waals surface area contributed by atoms with Crippen LogP contribution in [0.1, 0.15) is 26.2 Å². The van der Waals surface area contributed by atoms with E-state index in [1.807, 2.05) is 0 Å². The van der Waals surface area contributed by atoms with Gasteiger partial charge in [0.2, 0.25) is 0 Å². The van der Waals surface area contributed by atoms with Crippen LogP contribution in [-0.4, -0.2) is 8.80 Å². The molecule has 0 heterocycles. The molecule has 0 radical (unpaired) electrons. The normalized spacial score (nSPS) is 9.33. The van der Waals surface area contributed by atoms with Crippen LogP contribution in [0.2, 0.25) is 19.1 Å². The minimum atomic E-state index is -0.202. The first-order valence-corrected chi connectivity index (χ1v) is 6.90. The van der Waals surface area contributed by atoms with Gasteiger partial charge in [-0.2, -0.15) is 0 Å². The molecule has 0 fully saturated rings. The Morgan fingerprint density at radius 3 is 2.00 bits per heavy atom. The quantitative estimate of drug-likeness (QED) is 0.427. The van der Waals surface area contributed by atoms with E-state index in [1.54, 1.807) is 6.04 Å². The SMILES string of the molecule is CCCCC[SiH](C)C.F. The molecular formula is C7H19FSi. The summed E-state index contributed by atoms with van der Waals surface area (Å²) in [5.74, 6) is 0. The van der Waals surface area contributed by atoms with Gasteiger partial charge in [-0.05, 0) is 0 Å². The Labute approximate surface area is 59.6 Å². The Hall–Kier alpha value is 0.147. The highest BCUT2D eigenvalue weighted by molar-refractivity contribution is 6.55. The molecule has 0 amide bonds. The van der Waals surface area contributed by atoms with Gasteiger partial charge in [0.05, 0.1) is 0 Å². The van der Waals surface area contributed by atoms with Crippen LogP contribution in [0.15, 0.2) is 0 Å². The van der Waals surface area contributed by atoms with Crippen molar-refractivity contribution >= 4 is 8.80 Å². The van der Waals surface area contributed by atoms with Crippen LogP contribution in [0.4, 0.5) is 4.70 Å². The monoisotopic (exact) mass is 150 g/mol. The van der Waals surface area contributed by atoms with Gasteiger partial charge in [0.15, 0.2) is 0 Å². The maximum absolute atomic E-state index is 2.43. The van der Waals surface area contributed by atoms with Crippen LogP contribution < -0.4 is 0 Å². The second-order valence-electron chi connectivity index (χ2n) is 2.89. The zero-order valence-corrected chi connectivity index (χ0v) is 7.97. The van der Waals surface area contributed by atoms with Crippen molar-refractivity contribution < 1.29 is 4.70 Å². The minimum Gasteiger partial charge on any atom is -0.269 e. The van der Waals surface area contributed by atoms with Crippen molar-refractivity contribution in [3.63, 3.8) is 0 Å². The summed E-state index contributed by atoms with van der Waals surface area (Å²) in [6.07, 6.45) is 4.31. The first-order valence-electron chi connectivity index (χ1n) is 3.77. The number of hydrogen-bond donors (Lipinski definition) is 0. The van der Waals surface area contributed by atoms with E-state index in [0.717, 1.165) is 0 Å². The molecule has 0 saturated carbocycles. The van der Waals surface area contributed by atoms with Crippen LogP contribution in [0.3, 0.4) is 0 Å². The molecule has 0 saturated heterocycles. The molecule has 0 aliphatic rings. The van der Waals surface area contributed by atoms with Crippen molar-refractivity contribution in [3.8, 4) is 0 Å². The molecule has 0 aliphatic carbocycles. The van der Waals surface area contributed by atoms with E-state index in [-0.39, 0.29) is 13.5 Å². The lowest BCUT2D eigenvalue weighted by Crippen LogP contribution is -1.97. The van der Waals surface area contributed by atoms with Crippen LogP contribution in [0.25, 0.3) is 0 Å². The highest BCUT2D eigenvalue weighted by Gasteiger charge is 1.92. The second-order valence-corrected chi connectivity index (χ2v) is 6.25. The molecule has 0 aliphatic heterocycles. The van der Waals surface area contributed by atoms with Gasteiger partial charge in [-0.25, -0.2) is 0 Å². The first-order chi connectivity index (χ1) is 3.77. The number of rotatable bonds is 4. The smallest absolute Gasteiger partial charge is 0.0305 e. The van der Waals surface area contributed by atoms with Crippen molar-refractivity contribution in [1.82, 2.24) is 0 Å². The minimum absolute atomic E-state index is 0. The average Bonchev–Trinajstić information content (AvgIpc) is 1.66. The van der Waals surface area contributed by atoms with E-state index >= 15 is 0 Å². The summed E-state index contributed by atoms with van der Waals surface area (Å²) in [5.41, 5.74) is 0. The van der Waals surface area contributed by atoms with Gasteiger partial charge in [-0.15, -0.1) is 0 Å². The fourth-order valence-corrected chi connectivity index (χ4v) is 1.91. The van der Waals surface area contributed by atoms with Gasteiger partial charge >= 0.3 is 0 Å². The first kappa shape index (κ1) is 11.9. The zero-order chi connectivity index (χ0) is 6.41. The predicted molar refractivity (Wildman–Crippen MR) is 45.7 cm³/mol. The van der Waals surface area contributed by atoms with Gasteiger partial charge < -0.3 is 0 Å². The molecule has 58 valence electrons. The van der Waals surface area contributed by atoms with E-state index in [2.05, 4.69) is 20.0 Å². The largest absolute Gasteiger partial charge is 0.269 e. The summed E-state index contributed by atoms with van der Waals surface area (Å²) in [6.45, 7) is 7.12. The van der Waals surface area contributed by atoms with Crippen LogP contribution in [-0.2, 0) is 0 Å². The summed E-state index contributed by atoms with van der Waals surface area (Å²) >= 11 is 0. The molecule has 0 rings (SSSR count). The maximum Gasteiger partial charge on any atom is 0.0305 e. The van der Waals surface area contributed by atoms with Crippen molar-refractivity contribution in [3.05, 3.63) is 0 Å². The van der Waals surface area contributed by atoms with E-state index in [0.29, 0.717) is 0 Å². The fourth-order valence-electron chi connectivity index (χ4n) is 0.803. The molecular weight excluding hydrogens is 131 g/mol.